The average Bonchev–Trinajstić information content (AvgIpc) is 2.92. The number of anilines is 2. The summed E-state index contributed by atoms with van der Waals surface area (Å²) in [6.45, 7) is 9.93. The molecule has 3 aromatic rings. The fraction of sp³-hybridized carbons (Fsp3) is 0.423. The molecule has 1 N–H and O–H groups in total. The predicted molar refractivity (Wildman–Crippen MR) is 128 cm³/mol. The second kappa shape index (κ2) is 7.96. The molecular formula is C26H29F3N4O. The van der Waals surface area contributed by atoms with Crippen LogP contribution < -0.4 is 10.2 Å². The van der Waals surface area contributed by atoms with Crippen molar-refractivity contribution in [2.75, 3.05) is 17.3 Å². The molecule has 0 spiro atoms. The minimum Gasteiger partial charge on any atom is -0.363 e. The second-order valence-electron chi connectivity index (χ2n) is 9.85. The Bertz CT molecular complexity index is 1300. The molecule has 0 saturated heterocycles. The Morgan fingerprint density at radius 3 is 2.44 bits per heavy atom. The molecule has 1 amide bonds. The van der Waals surface area contributed by atoms with Crippen molar-refractivity contribution in [2.45, 2.75) is 58.9 Å². The molecule has 1 aliphatic heterocycles. The normalized spacial score (nSPS) is 16.3. The van der Waals surface area contributed by atoms with Gasteiger partial charge in [0.2, 0.25) is 5.91 Å². The molecule has 0 aliphatic carbocycles. The number of hydrogen-bond acceptors (Lipinski definition) is 4. The fourth-order valence-electron chi connectivity index (χ4n) is 4.55. The minimum absolute atomic E-state index is 0.0182. The highest BCUT2D eigenvalue weighted by atomic mass is 19.3. The van der Waals surface area contributed by atoms with Gasteiger partial charge in [-0.1, -0.05) is 32.0 Å². The first-order valence-electron chi connectivity index (χ1n) is 11.3. The van der Waals surface area contributed by atoms with Gasteiger partial charge in [-0.3, -0.25) is 4.79 Å². The lowest BCUT2D eigenvalue weighted by molar-refractivity contribution is -0.121. The van der Waals surface area contributed by atoms with E-state index in [0.29, 0.717) is 22.5 Å². The summed E-state index contributed by atoms with van der Waals surface area (Å²) in [5.41, 5.74) is 1.12. The van der Waals surface area contributed by atoms with E-state index in [1.807, 2.05) is 26.0 Å². The lowest BCUT2D eigenvalue weighted by Crippen LogP contribution is -2.33. The Labute approximate surface area is 197 Å². The van der Waals surface area contributed by atoms with E-state index in [1.54, 1.807) is 25.8 Å². The van der Waals surface area contributed by atoms with E-state index in [-0.39, 0.29) is 11.5 Å². The number of halogens is 3. The molecule has 0 radical (unpaired) electrons. The number of rotatable bonds is 5. The Kier molecular flexibility index (Phi) is 5.61. The molecule has 8 heteroatoms. The number of carbonyl (C=O) groups excluding carboxylic acids is 1. The number of aryl methyl sites for hydroxylation is 1. The van der Waals surface area contributed by atoms with Crippen LogP contribution in [-0.4, -0.2) is 22.9 Å². The van der Waals surface area contributed by atoms with E-state index in [2.05, 4.69) is 15.3 Å². The van der Waals surface area contributed by atoms with Crippen LogP contribution in [0, 0.1) is 18.7 Å². The lowest BCUT2D eigenvalue weighted by atomic mass is 9.85. The number of nitrogens with zero attached hydrogens (tertiary/aromatic N) is 3. The standard InChI is InChI=1S/C26H29F3N4O/c1-13(2)26(28,29)18-10-8-9-16(22(18)27)14(3)30-23-17-11-21-19(12-20(17)31-15(4)32-23)25(5,6)24(34)33(21)7/h8-14H,1-7H3,(H,30,31,32)/t14-/m1/s1. The predicted octanol–water partition coefficient (Wildman–Crippen LogP) is 6.25. The zero-order valence-electron chi connectivity index (χ0n) is 20.4. The number of alkyl halides is 2. The smallest absolute Gasteiger partial charge is 0.278 e. The van der Waals surface area contributed by atoms with Crippen molar-refractivity contribution in [3.05, 3.63) is 58.7 Å². The average molecular weight is 471 g/mol. The van der Waals surface area contributed by atoms with Crippen LogP contribution >= 0.6 is 0 Å². The van der Waals surface area contributed by atoms with Crippen molar-refractivity contribution in [3.63, 3.8) is 0 Å². The van der Waals surface area contributed by atoms with E-state index in [0.717, 1.165) is 17.3 Å². The molecule has 2 heterocycles. The van der Waals surface area contributed by atoms with E-state index in [1.165, 1.54) is 26.0 Å². The Morgan fingerprint density at radius 2 is 1.79 bits per heavy atom. The molecule has 1 aromatic heterocycles. The Hall–Kier alpha value is -3.16. The first-order valence-corrected chi connectivity index (χ1v) is 11.3. The van der Waals surface area contributed by atoms with Crippen LogP contribution in [0.4, 0.5) is 24.7 Å². The van der Waals surface area contributed by atoms with Crippen LogP contribution in [0.25, 0.3) is 10.9 Å². The molecule has 0 fully saturated rings. The summed E-state index contributed by atoms with van der Waals surface area (Å²) in [7, 11) is 1.72. The van der Waals surface area contributed by atoms with Crippen LogP contribution in [-0.2, 0) is 16.1 Å². The Balaban J connectivity index is 1.79. The number of benzene rings is 2. The molecule has 5 nitrogen and oxygen atoms in total. The van der Waals surface area contributed by atoms with E-state index in [4.69, 9.17) is 0 Å². The monoisotopic (exact) mass is 470 g/mol. The van der Waals surface area contributed by atoms with Crippen LogP contribution in [0.15, 0.2) is 30.3 Å². The molecule has 34 heavy (non-hydrogen) atoms. The molecule has 0 saturated carbocycles. The van der Waals surface area contributed by atoms with Crippen LogP contribution in [0.5, 0.6) is 0 Å². The first kappa shape index (κ1) is 24.0. The van der Waals surface area contributed by atoms with Gasteiger partial charge in [0.05, 0.1) is 22.5 Å². The van der Waals surface area contributed by atoms with Gasteiger partial charge in [-0.05, 0) is 45.4 Å². The summed E-state index contributed by atoms with van der Waals surface area (Å²) in [6, 6.07) is 7.17. The van der Waals surface area contributed by atoms with Gasteiger partial charge in [0.25, 0.3) is 5.92 Å². The fourth-order valence-corrected chi connectivity index (χ4v) is 4.55. The number of aromatic nitrogens is 2. The number of amides is 1. The van der Waals surface area contributed by atoms with Crippen LogP contribution in [0.2, 0.25) is 0 Å². The van der Waals surface area contributed by atoms with Crippen molar-refractivity contribution in [3.8, 4) is 0 Å². The second-order valence-corrected chi connectivity index (χ2v) is 9.85. The van der Waals surface area contributed by atoms with Crippen molar-refractivity contribution in [1.82, 2.24) is 9.97 Å². The number of fused-ring (bicyclic) bond motifs is 2. The molecule has 0 bridgehead atoms. The van der Waals surface area contributed by atoms with Gasteiger partial charge >= 0.3 is 0 Å². The first-order chi connectivity index (χ1) is 15.8. The quantitative estimate of drug-likeness (QED) is 0.479. The van der Waals surface area contributed by atoms with Gasteiger partial charge in [-0.25, -0.2) is 23.1 Å². The third-order valence-corrected chi connectivity index (χ3v) is 6.73. The van der Waals surface area contributed by atoms with Crippen LogP contribution in [0.3, 0.4) is 0 Å². The van der Waals surface area contributed by atoms with Gasteiger partial charge in [0, 0.05) is 29.6 Å². The largest absolute Gasteiger partial charge is 0.363 e. The van der Waals surface area contributed by atoms with E-state index in [9.17, 15) is 13.6 Å². The maximum Gasteiger partial charge on any atom is 0.278 e. The summed E-state index contributed by atoms with van der Waals surface area (Å²) >= 11 is 0. The zero-order valence-corrected chi connectivity index (χ0v) is 20.4. The summed E-state index contributed by atoms with van der Waals surface area (Å²) < 4.78 is 44.5. The molecule has 180 valence electrons. The number of likely N-dealkylation sites (N-methyl/N-ethyl adjacent to an activating group) is 1. The third-order valence-electron chi connectivity index (χ3n) is 6.73. The van der Waals surface area contributed by atoms with Crippen LogP contribution in [0.1, 0.15) is 63.2 Å². The Morgan fingerprint density at radius 1 is 1.12 bits per heavy atom. The summed E-state index contributed by atoms with van der Waals surface area (Å²) in [4.78, 5) is 23.4. The van der Waals surface area contributed by atoms with E-state index >= 15 is 4.39 Å². The maximum absolute atomic E-state index is 15.2. The minimum atomic E-state index is -3.29. The summed E-state index contributed by atoms with van der Waals surface area (Å²) in [6.07, 6.45) is 0. The number of nitrogens with one attached hydrogen (secondary N) is 1. The van der Waals surface area contributed by atoms with Crippen molar-refractivity contribution >= 4 is 28.3 Å². The third kappa shape index (κ3) is 3.60. The molecule has 4 rings (SSSR count). The van der Waals surface area contributed by atoms with Gasteiger partial charge in [-0.2, -0.15) is 0 Å². The molecule has 0 unspecified atom stereocenters. The SMILES string of the molecule is Cc1nc(N[C@H](C)c2cccc(C(F)(F)C(C)C)c2F)c2cc3c(cc2n1)C(C)(C)C(=O)N3C. The molecule has 2 aromatic carbocycles. The van der Waals surface area contributed by atoms with E-state index < -0.39 is 34.7 Å². The number of carbonyl (C=O) groups is 1. The van der Waals surface area contributed by atoms with Crippen molar-refractivity contribution in [1.29, 1.82) is 0 Å². The summed E-state index contributed by atoms with van der Waals surface area (Å²) in [5, 5.41) is 3.85. The number of hydrogen-bond donors (Lipinski definition) is 1. The highest BCUT2D eigenvalue weighted by Crippen LogP contribution is 2.44. The molecule has 1 atom stereocenters. The zero-order chi connectivity index (χ0) is 25.2. The maximum atomic E-state index is 15.2. The van der Waals surface area contributed by atoms with Gasteiger partial charge in [0.1, 0.15) is 17.5 Å². The lowest BCUT2D eigenvalue weighted by Gasteiger charge is -2.24. The molecule has 1 aliphatic rings. The summed E-state index contributed by atoms with van der Waals surface area (Å²) in [5.74, 6) is -4.33. The van der Waals surface area contributed by atoms with Crippen molar-refractivity contribution < 1.29 is 18.0 Å². The topological polar surface area (TPSA) is 58.1 Å². The highest BCUT2D eigenvalue weighted by Gasteiger charge is 2.43. The molecular weight excluding hydrogens is 441 g/mol. The highest BCUT2D eigenvalue weighted by molar-refractivity contribution is 6.10. The van der Waals surface area contributed by atoms with Gasteiger partial charge < -0.3 is 10.2 Å². The van der Waals surface area contributed by atoms with Gasteiger partial charge in [0.15, 0.2) is 0 Å². The van der Waals surface area contributed by atoms with Gasteiger partial charge in [-0.15, -0.1) is 0 Å². The van der Waals surface area contributed by atoms with Crippen molar-refractivity contribution in [2.24, 2.45) is 5.92 Å².